The quantitative estimate of drug-likeness (QED) is 0.0663. The van der Waals surface area contributed by atoms with E-state index in [9.17, 15) is 9.59 Å². The maximum atomic E-state index is 16.1. The number of carbonyl (C=O) groups excluding carboxylic acids is 2. The molecule has 4 rings (SSSR count). The standard InChI is InChI=1S/C42H58F2O6Si/c1-6-7-25-38(49-40-27-18-19-30-48-40)42(43,44)29-28-34-35(24-16-8-9-17-26-39(46)47-5)37(31-36(34)45)50-51(41(2,3)4,32-20-12-10-13-21-32)33-22-14-11-15-23-33/h8,10-16,20-23,28-29,34-35,37-38,40H,6-7,9,17-19,24-27,30-31H2,1-5H3/t34-,35+,37+,38?,40?/m0/s1. The minimum atomic E-state index is -3.29. The zero-order valence-corrected chi connectivity index (χ0v) is 32.2. The summed E-state index contributed by atoms with van der Waals surface area (Å²) in [7, 11) is -1.67. The molecule has 2 fully saturated rings. The van der Waals surface area contributed by atoms with Gasteiger partial charge in [0.25, 0.3) is 14.2 Å². The van der Waals surface area contributed by atoms with E-state index in [0.717, 1.165) is 35.7 Å². The van der Waals surface area contributed by atoms with E-state index < -0.39 is 38.7 Å². The van der Waals surface area contributed by atoms with Gasteiger partial charge in [-0.25, -0.2) is 0 Å². The summed E-state index contributed by atoms with van der Waals surface area (Å²) in [6, 6.07) is 20.5. The molecule has 0 radical (unpaired) electrons. The third-order valence-corrected chi connectivity index (χ3v) is 15.3. The molecular formula is C42H58F2O6Si. The second-order valence-corrected chi connectivity index (χ2v) is 19.2. The molecule has 1 heterocycles. The Bertz CT molecular complexity index is 1380. The van der Waals surface area contributed by atoms with Crippen molar-refractivity contribution < 1.29 is 37.0 Å². The molecule has 1 aliphatic heterocycles. The van der Waals surface area contributed by atoms with Crippen molar-refractivity contribution in [1.82, 2.24) is 0 Å². The lowest BCUT2D eigenvalue weighted by Gasteiger charge is -2.45. The maximum absolute atomic E-state index is 16.1. The lowest BCUT2D eigenvalue weighted by molar-refractivity contribution is -0.229. The molecule has 6 nitrogen and oxygen atoms in total. The normalized spacial score (nSPS) is 22.5. The Morgan fingerprint density at radius 1 is 1.00 bits per heavy atom. The summed E-state index contributed by atoms with van der Waals surface area (Å²) in [6.07, 6.45) is 10.0. The van der Waals surface area contributed by atoms with E-state index >= 15 is 8.78 Å². The molecule has 2 aromatic carbocycles. The van der Waals surface area contributed by atoms with Crippen LogP contribution in [-0.2, 0) is 28.2 Å². The Hall–Kier alpha value is -2.98. The van der Waals surface area contributed by atoms with Gasteiger partial charge in [-0.05, 0) is 66.4 Å². The Morgan fingerprint density at radius 3 is 2.24 bits per heavy atom. The van der Waals surface area contributed by atoms with Crippen molar-refractivity contribution in [3.05, 3.63) is 85.0 Å². The first-order valence-electron chi connectivity index (χ1n) is 18.8. The van der Waals surface area contributed by atoms with Gasteiger partial charge in [0.05, 0.1) is 13.2 Å². The SMILES string of the molecule is CCCCC(OC1CCCCO1)C(F)(F)C=C[C@@H]1C(=O)C[C@@H](O[Si](c2ccccc2)(c2ccccc2)C(C)(C)C)[C@@H]1CC=CCCCC(=O)OC. The topological polar surface area (TPSA) is 71.1 Å². The Kier molecular flexibility index (Phi) is 15.4. The molecular weight excluding hydrogens is 667 g/mol. The molecule has 51 heavy (non-hydrogen) atoms. The number of rotatable bonds is 18. The van der Waals surface area contributed by atoms with Crippen molar-refractivity contribution in [3.63, 3.8) is 0 Å². The van der Waals surface area contributed by atoms with Gasteiger partial charge < -0.3 is 18.6 Å². The lowest BCUT2D eigenvalue weighted by atomic mass is 9.89. The van der Waals surface area contributed by atoms with Gasteiger partial charge in [-0.2, -0.15) is 8.78 Å². The number of carbonyl (C=O) groups is 2. The van der Waals surface area contributed by atoms with Crippen molar-refractivity contribution in [2.24, 2.45) is 11.8 Å². The summed E-state index contributed by atoms with van der Waals surface area (Å²) >= 11 is 0. The second-order valence-electron chi connectivity index (χ2n) is 15.0. The fraction of sp³-hybridized carbons (Fsp3) is 0.571. The number of unbranched alkanes of at least 4 members (excludes halogenated alkanes) is 2. The lowest BCUT2D eigenvalue weighted by Crippen LogP contribution is -2.68. The molecule has 0 N–H and O–H groups in total. The van der Waals surface area contributed by atoms with Gasteiger partial charge in [-0.15, -0.1) is 0 Å². The van der Waals surface area contributed by atoms with Crippen LogP contribution in [0.2, 0.25) is 5.04 Å². The van der Waals surface area contributed by atoms with Crippen molar-refractivity contribution in [2.45, 2.75) is 128 Å². The average molecular weight is 725 g/mol. The highest BCUT2D eigenvalue weighted by Gasteiger charge is 2.54. The van der Waals surface area contributed by atoms with Crippen LogP contribution in [0.5, 0.6) is 0 Å². The van der Waals surface area contributed by atoms with E-state index in [4.69, 9.17) is 18.6 Å². The number of Topliss-reactive ketones (excluding diaryl/α,β-unsaturated/α-hetero) is 1. The molecule has 2 unspecified atom stereocenters. The van der Waals surface area contributed by atoms with Gasteiger partial charge >= 0.3 is 5.97 Å². The zero-order chi connectivity index (χ0) is 36.9. The highest BCUT2D eigenvalue weighted by Crippen LogP contribution is 2.43. The molecule has 2 aliphatic rings. The van der Waals surface area contributed by atoms with Crippen molar-refractivity contribution in [2.75, 3.05) is 13.7 Å². The molecule has 1 saturated heterocycles. The maximum Gasteiger partial charge on any atom is 0.305 e. The summed E-state index contributed by atoms with van der Waals surface area (Å²) in [4.78, 5) is 25.5. The average Bonchev–Trinajstić information content (AvgIpc) is 3.42. The predicted molar refractivity (Wildman–Crippen MR) is 201 cm³/mol. The Morgan fingerprint density at radius 2 is 1.67 bits per heavy atom. The minimum Gasteiger partial charge on any atom is -0.469 e. The molecule has 1 saturated carbocycles. The molecule has 9 heteroatoms. The minimum absolute atomic E-state index is 0.101. The second kappa shape index (κ2) is 19.2. The zero-order valence-electron chi connectivity index (χ0n) is 31.2. The first-order chi connectivity index (χ1) is 24.4. The van der Waals surface area contributed by atoms with E-state index in [1.807, 2.05) is 55.5 Å². The molecule has 0 spiro atoms. The summed E-state index contributed by atoms with van der Waals surface area (Å²) in [6.45, 7) is 9.05. The van der Waals surface area contributed by atoms with Gasteiger partial charge in [-0.3, -0.25) is 9.59 Å². The number of esters is 1. The van der Waals surface area contributed by atoms with Gasteiger partial charge in [0.2, 0.25) is 0 Å². The molecule has 2 aromatic rings. The molecule has 1 aliphatic carbocycles. The van der Waals surface area contributed by atoms with Crippen LogP contribution in [-0.4, -0.2) is 58.2 Å². The van der Waals surface area contributed by atoms with Crippen molar-refractivity contribution in [3.8, 4) is 0 Å². The number of allylic oxidation sites excluding steroid dienone is 3. The summed E-state index contributed by atoms with van der Waals surface area (Å²) in [5.41, 5.74) is 0. The number of hydrogen-bond donors (Lipinski definition) is 0. The Labute approximate surface area is 305 Å². The van der Waals surface area contributed by atoms with Crippen molar-refractivity contribution >= 4 is 30.4 Å². The van der Waals surface area contributed by atoms with Crippen LogP contribution >= 0.6 is 0 Å². The summed E-state index contributed by atoms with van der Waals surface area (Å²) < 4.78 is 55.9. The number of benzene rings is 2. The van der Waals surface area contributed by atoms with Crippen molar-refractivity contribution in [1.29, 1.82) is 0 Å². The van der Waals surface area contributed by atoms with Crippen LogP contribution in [0.15, 0.2) is 85.0 Å². The monoisotopic (exact) mass is 724 g/mol. The number of methoxy groups -OCH3 is 1. The Balaban J connectivity index is 1.68. The highest BCUT2D eigenvalue weighted by molar-refractivity contribution is 6.99. The molecule has 5 atom stereocenters. The number of hydrogen-bond acceptors (Lipinski definition) is 6. The number of halogens is 2. The van der Waals surface area contributed by atoms with Gasteiger partial charge in [0, 0.05) is 31.3 Å². The van der Waals surface area contributed by atoms with Crippen LogP contribution in [0.1, 0.15) is 98.3 Å². The molecule has 0 bridgehead atoms. The van der Waals surface area contributed by atoms with Crippen LogP contribution in [0, 0.1) is 11.8 Å². The fourth-order valence-corrected chi connectivity index (χ4v) is 12.2. The smallest absolute Gasteiger partial charge is 0.305 e. The van der Waals surface area contributed by atoms with Crippen LogP contribution in [0.4, 0.5) is 8.78 Å². The first-order valence-corrected chi connectivity index (χ1v) is 20.7. The molecule has 0 aromatic heterocycles. The summed E-state index contributed by atoms with van der Waals surface area (Å²) in [5, 5.41) is 1.87. The van der Waals surface area contributed by atoms with Crippen LogP contribution in [0.3, 0.4) is 0 Å². The highest BCUT2D eigenvalue weighted by atomic mass is 28.4. The molecule has 0 amide bonds. The van der Waals surface area contributed by atoms with Crippen LogP contribution in [0.25, 0.3) is 0 Å². The first kappa shape index (κ1) is 40.8. The van der Waals surface area contributed by atoms with Gasteiger partial charge in [0.1, 0.15) is 11.9 Å². The van der Waals surface area contributed by atoms with E-state index in [0.29, 0.717) is 45.1 Å². The third kappa shape index (κ3) is 10.8. The molecule has 280 valence electrons. The van der Waals surface area contributed by atoms with E-state index in [1.54, 1.807) is 0 Å². The van der Waals surface area contributed by atoms with Gasteiger partial charge in [-0.1, -0.05) is 119 Å². The van der Waals surface area contributed by atoms with E-state index in [-0.39, 0.29) is 35.6 Å². The third-order valence-electron chi connectivity index (χ3n) is 10.2. The largest absolute Gasteiger partial charge is 0.469 e. The number of alkyl halides is 2. The van der Waals surface area contributed by atoms with E-state index in [1.165, 1.54) is 13.2 Å². The van der Waals surface area contributed by atoms with Crippen LogP contribution < -0.4 is 10.4 Å². The predicted octanol–water partition coefficient (Wildman–Crippen LogP) is 8.72. The number of ether oxygens (including phenoxy) is 3. The fourth-order valence-electron chi connectivity index (χ4n) is 7.47. The van der Waals surface area contributed by atoms with Gasteiger partial charge in [0.15, 0.2) is 6.29 Å². The summed E-state index contributed by atoms with van der Waals surface area (Å²) in [5.74, 6) is -4.76. The van der Waals surface area contributed by atoms with E-state index in [2.05, 4.69) is 45.0 Å². The number of ketones is 1.